The van der Waals surface area contributed by atoms with Gasteiger partial charge in [0, 0.05) is 29.2 Å². The third-order valence-corrected chi connectivity index (χ3v) is 4.71. The third-order valence-electron chi connectivity index (χ3n) is 4.71. The molecule has 1 atom stereocenters. The molecule has 3 N–H and O–H groups in total. The lowest BCUT2D eigenvalue weighted by Crippen LogP contribution is -2.50. The highest BCUT2D eigenvalue weighted by molar-refractivity contribution is 5.97. The van der Waals surface area contributed by atoms with E-state index in [0.717, 1.165) is 16.5 Å². The monoisotopic (exact) mass is 381 g/mol. The number of carbonyl (C=O) groups is 2. The number of carbonyl (C=O) groups excluding carboxylic acids is 2. The highest BCUT2D eigenvalue weighted by Crippen LogP contribution is 2.17. The standard InChI is InChI=1S/C22H24FN3O2/c1-14(2)20(26-21(27)15-7-9-17(23)10-8-15)22(28)24-12-11-16-13-25-19-6-4-3-5-18(16)19/h3-10,13-14,20,25H,11-12H2,1-2H3,(H,24,28)(H,26,27). The Balaban J connectivity index is 1.58. The number of nitrogens with one attached hydrogen (secondary N) is 3. The first-order chi connectivity index (χ1) is 13.5. The van der Waals surface area contributed by atoms with Crippen LogP contribution in [0.4, 0.5) is 4.39 Å². The maximum atomic E-state index is 13.0. The van der Waals surface area contributed by atoms with Crippen molar-refractivity contribution in [2.75, 3.05) is 6.54 Å². The number of halogens is 1. The van der Waals surface area contributed by atoms with Crippen molar-refractivity contribution in [1.29, 1.82) is 0 Å². The highest BCUT2D eigenvalue weighted by Gasteiger charge is 2.24. The number of benzene rings is 2. The number of H-pyrrole nitrogens is 1. The van der Waals surface area contributed by atoms with E-state index in [2.05, 4.69) is 15.6 Å². The number of amides is 2. The molecular formula is C22H24FN3O2. The van der Waals surface area contributed by atoms with Gasteiger partial charge in [0.2, 0.25) is 5.91 Å². The molecule has 1 aromatic heterocycles. The largest absolute Gasteiger partial charge is 0.361 e. The average Bonchev–Trinajstić information content (AvgIpc) is 3.09. The zero-order valence-corrected chi connectivity index (χ0v) is 16.0. The van der Waals surface area contributed by atoms with Crippen molar-refractivity contribution in [2.24, 2.45) is 5.92 Å². The number of fused-ring (bicyclic) bond motifs is 1. The summed E-state index contributed by atoms with van der Waals surface area (Å²) >= 11 is 0. The SMILES string of the molecule is CC(C)C(NC(=O)c1ccc(F)cc1)C(=O)NCCc1c[nH]c2ccccc12. The van der Waals surface area contributed by atoms with E-state index in [1.165, 1.54) is 24.3 Å². The maximum absolute atomic E-state index is 13.0. The number of para-hydroxylation sites is 1. The predicted octanol–water partition coefficient (Wildman–Crippen LogP) is 3.42. The Morgan fingerprint density at radius 3 is 2.50 bits per heavy atom. The smallest absolute Gasteiger partial charge is 0.251 e. The summed E-state index contributed by atoms with van der Waals surface area (Å²) in [6.07, 6.45) is 2.64. The molecule has 1 unspecified atom stereocenters. The molecule has 0 aliphatic carbocycles. The summed E-state index contributed by atoms with van der Waals surface area (Å²) in [4.78, 5) is 28.2. The van der Waals surface area contributed by atoms with Crippen LogP contribution in [0, 0.1) is 11.7 Å². The molecule has 146 valence electrons. The summed E-state index contributed by atoms with van der Waals surface area (Å²) in [6.45, 7) is 4.21. The van der Waals surface area contributed by atoms with Crippen LogP contribution in [0.25, 0.3) is 10.9 Å². The van der Waals surface area contributed by atoms with Gasteiger partial charge in [-0.3, -0.25) is 9.59 Å². The minimum absolute atomic E-state index is 0.0857. The van der Waals surface area contributed by atoms with Gasteiger partial charge in [-0.25, -0.2) is 4.39 Å². The highest BCUT2D eigenvalue weighted by atomic mass is 19.1. The van der Waals surface area contributed by atoms with Crippen molar-refractivity contribution in [3.05, 3.63) is 71.7 Å². The van der Waals surface area contributed by atoms with E-state index in [-0.39, 0.29) is 11.8 Å². The number of rotatable bonds is 7. The van der Waals surface area contributed by atoms with E-state index < -0.39 is 17.8 Å². The molecule has 3 rings (SSSR count). The van der Waals surface area contributed by atoms with Crippen LogP contribution in [0.2, 0.25) is 0 Å². The zero-order valence-electron chi connectivity index (χ0n) is 16.0. The van der Waals surface area contributed by atoms with Crippen LogP contribution in [0.15, 0.2) is 54.7 Å². The fourth-order valence-electron chi connectivity index (χ4n) is 3.13. The summed E-state index contributed by atoms with van der Waals surface area (Å²) in [5, 5.41) is 6.79. The zero-order chi connectivity index (χ0) is 20.1. The molecule has 0 radical (unpaired) electrons. The van der Waals surface area contributed by atoms with Crippen LogP contribution in [0.1, 0.15) is 29.8 Å². The molecule has 2 aromatic carbocycles. The van der Waals surface area contributed by atoms with Gasteiger partial charge in [-0.2, -0.15) is 0 Å². The Morgan fingerprint density at radius 2 is 1.79 bits per heavy atom. The molecule has 0 fully saturated rings. The molecule has 28 heavy (non-hydrogen) atoms. The minimum Gasteiger partial charge on any atom is -0.361 e. The summed E-state index contributed by atoms with van der Waals surface area (Å²) in [5.41, 5.74) is 2.52. The quantitative estimate of drug-likeness (QED) is 0.587. The Hall–Kier alpha value is -3.15. The van der Waals surface area contributed by atoms with E-state index in [1.54, 1.807) is 0 Å². The summed E-state index contributed by atoms with van der Waals surface area (Å²) < 4.78 is 13.0. The first-order valence-electron chi connectivity index (χ1n) is 9.35. The van der Waals surface area contributed by atoms with Gasteiger partial charge in [0.1, 0.15) is 11.9 Å². The lowest BCUT2D eigenvalue weighted by atomic mass is 10.0. The molecule has 5 nitrogen and oxygen atoms in total. The van der Waals surface area contributed by atoms with Crippen molar-refractivity contribution in [2.45, 2.75) is 26.3 Å². The molecule has 0 aliphatic heterocycles. The summed E-state index contributed by atoms with van der Waals surface area (Å²) in [6, 6.07) is 12.6. The van der Waals surface area contributed by atoms with Crippen LogP contribution in [-0.2, 0) is 11.2 Å². The fraction of sp³-hybridized carbons (Fsp3) is 0.273. The Bertz CT molecular complexity index is 963. The third kappa shape index (κ3) is 4.57. The molecule has 3 aromatic rings. The summed E-state index contributed by atoms with van der Waals surface area (Å²) in [7, 11) is 0. The van der Waals surface area contributed by atoms with Gasteiger partial charge in [-0.05, 0) is 48.2 Å². The number of hydrogen-bond acceptors (Lipinski definition) is 2. The lowest BCUT2D eigenvalue weighted by molar-refractivity contribution is -0.123. The molecule has 0 saturated carbocycles. The van der Waals surface area contributed by atoms with Crippen molar-refractivity contribution < 1.29 is 14.0 Å². The predicted molar refractivity (Wildman–Crippen MR) is 108 cm³/mol. The van der Waals surface area contributed by atoms with E-state index in [4.69, 9.17) is 0 Å². The van der Waals surface area contributed by atoms with Crippen molar-refractivity contribution in [3.8, 4) is 0 Å². The van der Waals surface area contributed by atoms with Gasteiger partial charge in [0.25, 0.3) is 5.91 Å². The van der Waals surface area contributed by atoms with Gasteiger partial charge < -0.3 is 15.6 Å². The van der Waals surface area contributed by atoms with Gasteiger partial charge in [0.15, 0.2) is 0 Å². The van der Waals surface area contributed by atoms with Crippen LogP contribution in [0.3, 0.4) is 0 Å². The molecule has 6 heteroatoms. The van der Waals surface area contributed by atoms with Crippen LogP contribution >= 0.6 is 0 Å². The lowest BCUT2D eigenvalue weighted by Gasteiger charge is -2.21. The first kappa shape index (κ1) is 19.6. The maximum Gasteiger partial charge on any atom is 0.251 e. The molecule has 0 bridgehead atoms. The second kappa shape index (κ2) is 8.69. The number of aromatic nitrogens is 1. The second-order valence-electron chi connectivity index (χ2n) is 7.10. The van der Waals surface area contributed by atoms with Crippen molar-refractivity contribution >= 4 is 22.7 Å². The second-order valence-corrected chi connectivity index (χ2v) is 7.10. The van der Waals surface area contributed by atoms with Gasteiger partial charge in [-0.15, -0.1) is 0 Å². The van der Waals surface area contributed by atoms with Crippen LogP contribution in [-0.4, -0.2) is 29.4 Å². The van der Waals surface area contributed by atoms with Gasteiger partial charge in [0.05, 0.1) is 0 Å². The molecule has 2 amide bonds. The molecule has 0 saturated heterocycles. The number of hydrogen-bond donors (Lipinski definition) is 3. The first-order valence-corrected chi connectivity index (χ1v) is 9.35. The molecule has 1 heterocycles. The van der Waals surface area contributed by atoms with E-state index in [9.17, 15) is 14.0 Å². The van der Waals surface area contributed by atoms with E-state index in [1.807, 2.05) is 44.3 Å². The number of aromatic amines is 1. The molecule has 0 aliphatic rings. The van der Waals surface area contributed by atoms with E-state index in [0.29, 0.717) is 18.5 Å². The fourth-order valence-corrected chi connectivity index (χ4v) is 3.13. The molecular weight excluding hydrogens is 357 g/mol. The summed E-state index contributed by atoms with van der Waals surface area (Å²) in [5.74, 6) is -1.12. The minimum atomic E-state index is -0.666. The normalized spacial score (nSPS) is 12.1. The topological polar surface area (TPSA) is 74.0 Å². The Labute approximate surface area is 163 Å². The van der Waals surface area contributed by atoms with E-state index >= 15 is 0 Å². The van der Waals surface area contributed by atoms with Crippen molar-refractivity contribution in [1.82, 2.24) is 15.6 Å². The van der Waals surface area contributed by atoms with Gasteiger partial charge in [-0.1, -0.05) is 32.0 Å². The molecule has 0 spiro atoms. The van der Waals surface area contributed by atoms with Crippen LogP contribution in [0.5, 0.6) is 0 Å². The average molecular weight is 381 g/mol. The van der Waals surface area contributed by atoms with Crippen molar-refractivity contribution in [3.63, 3.8) is 0 Å². The Morgan fingerprint density at radius 1 is 1.07 bits per heavy atom. The van der Waals surface area contributed by atoms with Gasteiger partial charge >= 0.3 is 0 Å². The van der Waals surface area contributed by atoms with Crippen LogP contribution < -0.4 is 10.6 Å². The Kier molecular flexibility index (Phi) is 6.09.